The molecule has 1 saturated heterocycles. The second kappa shape index (κ2) is 13.9. The Bertz CT molecular complexity index is 1950. The lowest BCUT2D eigenvalue weighted by Gasteiger charge is -2.37. The molecule has 6 heteroatoms. The normalized spacial score (nSPS) is 15.8. The number of rotatable bonds is 11. The molecule has 6 nitrogen and oxygen atoms in total. The Balaban J connectivity index is 1.28. The SMILES string of the molecule is CC1(C)C(C(=O)C=O)N(c2ccc(C(c3ccccc3)(c3ccccc3)c3ccccc3)cc2)CN1Cc1ccncc1Nc1ccccc1. The van der Waals surface area contributed by atoms with Crippen LogP contribution in [-0.4, -0.2) is 40.2 Å². The lowest BCUT2D eigenvalue weighted by atomic mass is 9.65. The van der Waals surface area contributed by atoms with Crippen LogP contribution in [0.15, 0.2) is 164 Å². The van der Waals surface area contributed by atoms with E-state index in [1.165, 1.54) is 0 Å². The molecule has 1 unspecified atom stereocenters. The summed E-state index contributed by atoms with van der Waals surface area (Å²) in [7, 11) is 0. The van der Waals surface area contributed by atoms with Gasteiger partial charge in [0.1, 0.15) is 6.04 Å². The topological polar surface area (TPSA) is 65.5 Å². The van der Waals surface area contributed by atoms with Crippen LogP contribution < -0.4 is 10.2 Å². The monoisotopic (exact) mass is 656 g/mol. The second-order valence-corrected chi connectivity index (χ2v) is 13.3. The number of ketones is 1. The molecular weight excluding hydrogens is 617 g/mol. The van der Waals surface area contributed by atoms with Gasteiger partial charge in [-0.2, -0.15) is 0 Å². The van der Waals surface area contributed by atoms with Gasteiger partial charge in [0.2, 0.25) is 5.78 Å². The Kier molecular flexibility index (Phi) is 9.11. The van der Waals surface area contributed by atoms with Crippen molar-refractivity contribution >= 4 is 29.1 Å². The number of Topliss-reactive ketones (excluding diaryl/α,β-unsaturated/α-hetero) is 1. The molecule has 1 aromatic heterocycles. The van der Waals surface area contributed by atoms with Crippen molar-refractivity contribution < 1.29 is 9.59 Å². The summed E-state index contributed by atoms with van der Waals surface area (Å²) in [4.78, 5) is 34.3. The molecule has 5 aromatic carbocycles. The van der Waals surface area contributed by atoms with E-state index in [2.05, 4.69) is 117 Å². The third kappa shape index (κ3) is 5.99. The van der Waals surface area contributed by atoms with E-state index in [-0.39, 0.29) is 0 Å². The van der Waals surface area contributed by atoms with E-state index in [9.17, 15) is 9.59 Å². The Labute approximate surface area is 294 Å². The number of nitrogens with zero attached hydrogens (tertiary/aromatic N) is 3. The van der Waals surface area contributed by atoms with Crippen LogP contribution in [0.1, 0.15) is 41.7 Å². The van der Waals surface area contributed by atoms with Crippen LogP contribution in [0.5, 0.6) is 0 Å². The molecule has 0 amide bonds. The summed E-state index contributed by atoms with van der Waals surface area (Å²) in [6.07, 6.45) is 4.09. The maximum Gasteiger partial charge on any atom is 0.219 e. The largest absolute Gasteiger partial charge is 0.354 e. The Hall–Kier alpha value is -5.85. The molecule has 1 atom stereocenters. The number of aromatic nitrogens is 1. The van der Waals surface area contributed by atoms with E-state index in [0.29, 0.717) is 19.5 Å². The third-order valence-corrected chi connectivity index (χ3v) is 10.1. The molecule has 1 N–H and O–H groups in total. The fourth-order valence-electron chi connectivity index (χ4n) is 7.58. The maximum atomic E-state index is 13.4. The predicted molar refractivity (Wildman–Crippen MR) is 201 cm³/mol. The first-order chi connectivity index (χ1) is 24.4. The molecule has 248 valence electrons. The average Bonchev–Trinajstić information content (AvgIpc) is 3.43. The molecule has 6 aromatic rings. The van der Waals surface area contributed by atoms with Gasteiger partial charge in [0.25, 0.3) is 0 Å². The maximum absolute atomic E-state index is 13.4. The van der Waals surface area contributed by atoms with Crippen LogP contribution in [0.3, 0.4) is 0 Å². The zero-order chi connectivity index (χ0) is 34.6. The smallest absolute Gasteiger partial charge is 0.219 e. The highest BCUT2D eigenvalue weighted by atomic mass is 16.2. The van der Waals surface area contributed by atoms with Crippen molar-refractivity contribution in [2.24, 2.45) is 0 Å². The van der Waals surface area contributed by atoms with E-state index in [4.69, 9.17) is 0 Å². The number of carbonyl (C=O) groups excluding carboxylic acids is 2. The molecule has 0 saturated carbocycles. The zero-order valence-electron chi connectivity index (χ0n) is 28.3. The predicted octanol–water partition coefficient (Wildman–Crippen LogP) is 8.40. The fourth-order valence-corrected chi connectivity index (χ4v) is 7.58. The number of nitrogens with one attached hydrogen (secondary N) is 1. The zero-order valence-corrected chi connectivity index (χ0v) is 28.3. The lowest BCUT2D eigenvalue weighted by molar-refractivity contribution is -0.131. The van der Waals surface area contributed by atoms with Crippen LogP contribution in [0.2, 0.25) is 0 Å². The Morgan fingerprint density at radius 2 is 1.24 bits per heavy atom. The molecule has 1 fully saturated rings. The first kappa shape index (κ1) is 32.7. The van der Waals surface area contributed by atoms with Crippen LogP contribution in [0, 0.1) is 0 Å². The third-order valence-electron chi connectivity index (χ3n) is 10.1. The van der Waals surface area contributed by atoms with Crippen molar-refractivity contribution in [1.82, 2.24) is 9.88 Å². The number of para-hydroxylation sites is 1. The first-order valence-electron chi connectivity index (χ1n) is 17.0. The van der Waals surface area contributed by atoms with Crippen LogP contribution in [-0.2, 0) is 21.5 Å². The number of pyridine rings is 1. The summed E-state index contributed by atoms with van der Waals surface area (Å²) in [5, 5.41) is 3.50. The Morgan fingerprint density at radius 3 is 1.76 bits per heavy atom. The Morgan fingerprint density at radius 1 is 0.740 bits per heavy atom. The highest BCUT2D eigenvalue weighted by Gasteiger charge is 2.50. The van der Waals surface area contributed by atoms with Gasteiger partial charge in [-0.15, -0.1) is 0 Å². The van der Waals surface area contributed by atoms with Crippen LogP contribution >= 0.6 is 0 Å². The average molecular weight is 657 g/mol. The van der Waals surface area contributed by atoms with Crippen molar-refractivity contribution in [2.45, 2.75) is 37.4 Å². The van der Waals surface area contributed by atoms with E-state index in [0.717, 1.165) is 44.9 Å². The molecule has 50 heavy (non-hydrogen) atoms. The van der Waals surface area contributed by atoms with Gasteiger partial charge in [-0.3, -0.25) is 19.5 Å². The van der Waals surface area contributed by atoms with Gasteiger partial charge >= 0.3 is 0 Å². The number of hydrogen-bond acceptors (Lipinski definition) is 6. The molecule has 0 spiro atoms. The second-order valence-electron chi connectivity index (χ2n) is 13.3. The summed E-state index contributed by atoms with van der Waals surface area (Å²) >= 11 is 0. The van der Waals surface area contributed by atoms with Gasteiger partial charge in [0, 0.05) is 29.7 Å². The van der Waals surface area contributed by atoms with Gasteiger partial charge in [0.15, 0.2) is 6.29 Å². The van der Waals surface area contributed by atoms with Gasteiger partial charge in [-0.1, -0.05) is 121 Å². The summed E-state index contributed by atoms with van der Waals surface area (Å²) in [6, 6.07) is 51.7. The van der Waals surface area contributed by atoms with Crippen molar-refractivity contribution in [3.8, 4) is 0 Å². The van der Waals surface area contributed by atoms with Gasteiger partial charge < -0.3 is 10.2 Å². The molecule has 1 aliphatic heterocycles. The summed E-state index contributed by atoms with van der Waals surface area (Å²) in [5.74, 6) is -0.439. The molecular formula is C44H40N4O2. The minimum absolute atomic E-state index is 0.439. The highest BCUT2D eigenvalue weighted by molar-refractivity contribution is 6.29. The van der Waals surface area contributed by atoms with Gasteiger partial charge in [0.05, 0.1) is 24.0 Å². The molecule has 2 heterocycles. The van der Waals surface area contributed by atoms with Gasteiger partial charge in [-0.05, 0) is 72.0 Å². The van der Waals surface area contributed by atoms with Crippen molar-refractivity contribution in [3.63, 3.8) is 0 Å². The summed E-state index contributed by atoms with van der Waals surface area (Å²) in [5.41, 5.74) is 7.14. The number of aldehydes is 1. The standard InChI is InChI=1S/C44H40N4O2/c1-43(2)42(41(50)31-49)48(32-47(43)30-33-27-28-45-29-40(33)46-38-21-13-6-14-22-38)39-25-23-37(24-26-39)44(34-15-7-3-8-16-34,35-17-9-4-10-18-35)36-19-11-5-12-20-36/h3-29,31,42,46H,30,32H2,1-2H3. The fraction of sp³-hybridized carbons (Fsp3) is 0.159. The number of hydrogen-bond donors (Lipinski definition) is 1. The highest BCUT2D eigenvalue weighted by Crippen LogP contribution is 2.46. The van der Waals surface area contributed by atoms with E-state index >= 15 is 0 Å². The lowest BCUT2D eigenvalue weighted by Crippen LogP contribution is -2.51. The quantitative estimate of drug-likeness (QED) is 0.0859. The van der Waals surface area contributed by atoms with E-state index in [1.807, 2.05) is 74.6 Å². The molecule has 0 bridgehead atoms. The number of benzene rings is 5. The van der Waals surface area contributed by atoms with E-state index in [1.54, 1.807) is 6.20 Å². The van der Waals surface area contributed by atoms with Crippen LogP contribution in [0.25, 0.3) is 0 Å². The molecule has 1 aliphatic rings. The van der Waals surface area contributed by atoms with E-state index < -0.39 is 22.8 Å². The van der Waals surface area contributed by atoms with Crippen molar-refractivity contribution in [3.05, 3.63) is 192 Å². The van der Waals surface area contributed by atoms with Crippen molar-refractivity contribution in [2.75, 3.05) is 16.9 Å². The molecule has 0 radical (unpaired) electrons. The van der Waals surface area contributed by atoms with Crippen molar-refractivity contribution in [1.29, 1.82) is 0 Å². The minimum atomic E-state index is -0.666. The van der Waals surface area contributed by atoms with Gasteiger partial charge in [-0.25, -0.2) is 0 Å². The molecule has 0 aliphatic carbocycles. The molecule has 7 rings (SSSR count). The summed E-state index contributed by atoms with van der Waals surface area (Å²) in [6.45, 7) is 5.11. The number of carbonyl (C=O) groups is 2. The first-order valence-corrected chi connectivity index (χ1v) is 17.0. The number of anilines is 3. The minimum Gasteiger partial charge on any atom is -0.354 e. The van der Waals surface area contributed by atoms with Crippen LogP contribution in [0.4, 0.5) is 17.1 Å². The summed E-state index contributed by atoms with van der Waals surface area (Å²) < 4.78 is 0.